The number of hydrogen-bond donors (Lipinski definition) is 1. The first kappa shape index (κ1) is 18.3. The Balaban J connectivity index is 1.77. The van der Waals surface area contributed by atoms with E-state index in [4.69, 9.17) is 0 Å². The molecule has 0 radical (unpaired) electrons. The zero-order chi connectivity index (χ0) is 18.7. The minimum Gasteiger partial charge on any atom is -0.343 e. The molecule has 1 aliphatic rings. The number of carbonyl (C=O) groups is 1. The minimum absolute atomic E-state index is 0.0742. The van der Waals surface area contributed by atoms with Gasteiger partial charge < -0.3 is 10.2 Å². The topological polar surface area (TPSA) is 50.2 Å². The number of allylic oxidation sites excluding steroid dienone is 1. The fourth-order valence-corrected chi connectivity index (χ4v) is 3.43. The largest absolute Gasteiger partial charge is 0.343 e. The summed E-state index contributed by atoms with van der Waals surface area (Å²) >= 11 is 0. The second-order valence-corrected chi connectivity index (χ2v) is 6.89. The quantitative estimate of drug-likeness (QED) is 0.810. The lowest BCUT2D eigenvalue weighted by Gasteiger charge is -2.25. The van der Waals surface area contributed by atoms with E-state index in [0.717, 1.165) is 36.1 Å². The number of amides is 1. The summed E-state index contributed by atoms with van der Waals surface area (Å²) in [6.45, 7) is 4.99. The van der Waals surface area contributed by atoms with Gasteiger partial charge in [-0.25, -0.2) is 4.39 Å². The van der Waals surface area contributed by atoms with E-state index in [0.29, 0.717) is 18.8 Å². The maximum atomic E-state index is 13.3. The molecule has 0 bridgehead atoms. The van der Waals surface area contributed by atoms with Crippen molar-refractivity contribution in [3.05, 3.63) is 65.3 Å². The van der Waals surface area contributed by atoms with E-state index < -0.39 is 0 Å². The van der Waals surface area contributed by atoms with Crippen LogP contribution in [0.3, 0.4) is 0 Å². The van der Waals surface area contributed by atoms with Gasteiger partial charge in [0.1, 0.15) is 5.82 Å². The molecule has 1 aromatic carbocycles. The molecule has 1 aromatic heterocycles. The highest BCUT2D eigenvalue weighted by Crippen LogP contribution is 2.26. The van der Waals surface area contributed by atoms with E-state index in [9.17, 15) is 9.18 Å². The van der Waals surface area contributed by atoms with Gasteiger partial charge in [-0.1, -0.05) is 18.2 Å². The predicted octanol–water partition coefficient (Wildman–Crippen LogP) is 2.56. The van der Waals surface area contributed by atoms with Crippen molar-refractivity contribution >= 4 is 5.91 Å². The summed E-state index contributed by atoms with van der Waals surface area (Å²) in [6.07, 6.45) is 4.36. The molecule has 3 rings (SSSR count). The number of carbonyl (C=O) groups excluding carboxylic acids is 1. The fraction of sp³-hybridized carbons (Fsp3) is 0.400. The Hall–Kier alpha value is -2.47. The Bertz CT molecular complexity index is 812. The first-order valence-electron chi connectivity index (χ1n) is 8.88. The van der Waals surface area contributed by atoms with Crippen LogP contribution in [0.5, 0.6) is 0 Å². The van der Waals surface area contributed by atoms with Crippen molar-refractivity contribution in [1.82, 2.24) is 20.0 Å². The van der Waals surface area contributed by atoms with Gasteiger partial charge in [0, 0.05) is 37.9 Å². The molecular formula is C20H25FN4O. The number of rotatable bonds is 6. The summed E-state index contributed by atoms with van der Waals surface area (Å²) in [6, 6.07) is 6.86. The lowest BCUT2D eigenvalue weighted by Crippen LogP contribution is -2.35. The molecule has 0 spiro atoms. The van der Waals surface area contributed by atoms with Crippen LogP contribution in [0.2, 0.25) is 0 Å². The van der Waals surface area contributed by atoms with Gasteiger partial charge in [0.25, 0.3) is 5.91 Å². The molecule has 0 aliphatic heterocycles. The van der Waals surface area contributed by atoms with Crippen molar-refractivity contribution in [2.75, 3.05) is 14.1 Å². The summed E-state index contributed by atoms with van der Waals surface area (Å²) in [7, 11) is 3.48. The Morgan fingerprint density at radius 3 is 3.00 bits per heavy atom. The van der Waals surface area contributed by atoms with Crippen LogP contribution in [-0.4, -0.2) is 40.7 Å². The zero-order valence-electron chi connectivity index (χ0n) is 15.3. The molecule has 1 aliphatic carbocycles. The van der Waals surface area contributed by atoms with Gasteiger partial charge in [0.2, 0.25) is 0 Å². The van der Waals surface area contributed by atoms with Crippen molar-refractivity contribution in [1.29, 1.82) is 0 Å². The Morgan fingerprint density at radius 2 is 2.31 bits per heavy atom. The number of fused-ring (bicyclic) bond motifs is 1. The van der Waals surface area contributed by atoms with E-state index in [1.807, 2.05) is 10.7 Å². The van der Waals surface area contributed by atoms with Crippen molar-refractivity contribution in [3.63, 3.8) is 0 Å². The fourth-order valence-electron chi connectivity index (χ4n) is 3.43. The van der Waals surface area contributed by atoms with Gasteiger partial charge in [0.05, 0.1) is 6.54 Å². The summed E-state index contributed by atoms with van der Waals surface area (Å²) in [5.74, 6) is -0.297. The van der Waals surface area contributed by atoms with Gasteiger partial charge in [-0.3, -0.25) is 9.48 Å². The Labute approximate surface area is 153 Å². The van der Waals surface area contributed by atoms with E-state index in [1.165, 1.54) is 6.07 Å². The Morgan fingerprint density at radius 1 is 1.50 bits per heavy atom. The molecule has 5 nitrogen and oxygen atoms in total. The molecule has 6 heteroatoms. The van der Waals surface area contributed by atoms with Crippen LogP contribution < -0.4 is 5.32 Å². The molecule has 1 unspecified atom stereocenters. The second kappa shape index (κ2) is 7.83. The summed E-state index contributed by atoms with van der Waals surface area (Å²) in [5, 5.41) is 8.04. The minimum atomic E-state index is -0.222. The van der Waals surface area contributed by atoms with Crippen LogP contribution in [0.25, 0.3) is 0 Å². The van der Waals surface area contributed by atoms with Crippen molar-refractivity contribution in [2.45, 2.75) is 38.4 Å². The van der Waals surface area contributed by atoms with Crippen LogP contribution in [0, 0.1) is 5.82 Å². The Kier molecular flexibility index (Phi) is 5.52. The van der Waals surface area contributed by atoms with E-state index in [1.54, 1.807) is 37.2 Å². The molecule has 1 amide bonds. The maximum Gasteiger partial charge on any atom is 0.274 e. The standard InChI is InChI=1S/C20H25FN4O/c1-4-10-25-18-9-8-16(22-13-14-6-5-7-15(21)11-14)12-17(18)19(23-25)20(26)24(2)3/h4-7,11,16,22H,1,8-10,12-13H2,2-3H3. The molecule has 138 valence electrons. The van der Waals surface area contributed by atoms with Gasteiger partial charge >= 0.3 is 0 Å². The SMILES string of the molecule is C=CCn1nc(C(=O)N(C)C)c2c1CCC(NCc1cccc(F)c1)C2. The highest BCUT2D eigenvalue weighted by molar-refractivity contribution is 5.93. The van der Waals surface area contributed by atoms with Crippen LogP contribution in [0.15, 0.2) is 36.9 Å². The zero-order valence-corrected chi connectivity index (χ0v) is 15.3. The van der Waals surface area contributed by atoms with E-state index >= 15 is 0 Å². The van der Waals surface area contributed by atoms with Crippen molar-refractivity contribution in [3.8, 4) is 0 Å². The number of halogens is 1. The number of nitrogens with zero attached hydrogens (tertiary/aromatic N) is 3. The number of nitrogens with one attached hydrogen (secondary N) is 1. The first-order chi connectivity index (χ1) is 12.5. The van der Waals surface area contributed by atoms with Crippen LogP contribution >= 0.6 is 0 Å². The smallest absolute Gasteiger partial charge is 0.274 e. The first-order valence-corrected chi connectivity index (χ1v) is 8.88. The monoisotopic (exact) mass is 356 g/mol. The lowest BCUT2D eigenvalue weighted by molar-refractivity contribution is 0.0820. The summed E-state index contributed by atoms with van der Waals surface area (Å²) in [5.41, 5.74) is 3.60. The maximum absolute atomic E-state index is 13.3. The highest BCUT2D eigenvalue weighted by atomic mass is 19.1. The molecule has 26 heavy (non-hydrogen) atoms. The average molecular weight is 356 g/mol. The normalized spacial score (nSPS) is 16.2. The van der Waals surface area contributed by atoms with Gasteiger partial charge in [-0.2, -0.15) is 5.10 Å². The molecular weight excluding hydrogens is 331 g/mol. The average Bonchev–Trinajstić information content (AvgIpc) is 2.97. The molecule has 1 atom stereocenters. The van der Waals surface area contributed by atoms with E-state index in [-0.39, 0.29) is 17.8 Å². The van der Waals surface area contributed by atoms with E-state index in [2.05, 4.69) is 17.0 Å². The summed E-state index contributed by atoms with van der Waals surface area (Å²) in [4.78, 5) is 14.1. The number of hydrogen-bond acceptors (Lipinski definition) is 3. The highest BCUT2D eigenvalue weighted by Gasteiger charge is 2.29. The molecule has 0 fully saturated rings. The second-order valence-electron chi connectivity index (χ2n) is 6.89. The van der Waals surface area contributed by atoms with Crippen LogP contribution in [0.4, 0.5) is 4.39 Å². The number of aromatic nitrogens is 2. The van der Waals surface area contributed by atoms with Crippen LogP contribution in [0.1, 0.15) is 33.7 Å². The summed E-state index contributed by atoms with van der Waals surface area (Å²) < 4.78 is 15.2. The molecule has 1 N–H and O–H groups in total. The number of benzene rings is 1. The molecule has 2 aromatic rings. The van der Waals surface area contributed by atoms with Gasteiger partial charge in [-0.15, -0.1) is 6.58 Å². The third-order valence-electron chi connectivity index (χ3n) is 4.74. The third-order valence-corrected chi connectivity index (χ3v) is 4.74. The molecule has 1 heterocycles. The third kappa shape index (κ3) is 3.85. The van der Waals surface area contributed by atoms with Crippen molar-refractivity contribution in [2.24, 2.45) is 0 Å². The molecule has 0 saturated heterocycles. The van der Waals surface area contributed by atoms with Crippen LogP contribution in [-0.2, 0) is 25.9 Å². The van der Waals surface area contributed by atoms with Crippen molar-refractivity contribution < 1.29 is 9.18 Å². The van der Waals surface area contributed by atoms with Gasteiger partial charge in [0.15, 0.2) is 5.69 Å². The predicted molar refractivity (Wildman–Crippen MR) is 99.5 cm³/mol. The lowest BCUT2D eigenvalue weighted by atomic mass is 9.91. The molecule has 0 saturated carbocycles. The van der Waals surface area contributed by atoms with Gasteiger partial charge in [-0.05, 0) is 37.0 Å².